The first-order chi connectivity index (χ1) is 10.1. The lowest BCUT2D eigenvalue weighted by Gasteiger charge is -2.15. The van der Waals surface area contributed by atoms with Crippen LogP contribution in [0.2, 0.25) is 0 Å². The first kappa shape index (κ1) is 15.4. The molecule has 2 aromatic rings. The minimum atomic E-state index is -0.520. The van der Waals surface area contributed by atoms with Crippen molar-refractivity contribution in [3.8, 4) is 5.75 Å². The summed E-state index contributed by atoms with van der Waals surface area (Å²) in [5.74, 6) is 0.0796. The van der Waals surface area contributed by atoms with E-state index in [2.05, 4.69) is 20.9 Å². The second-order valence-electron chi connectivity index (χ2n) is 4.60. The predicted octanol–water partition coefficient (Wildman–Crippen LogP) is 3.86. The molecular weight excluding hydrogens is 336 g/mol. The number of hydrogen-bond acceptors (Lipinski definition) is 4. The Morgan fingerprint density at radius 2 is 2.00 bits per heavy atom. The van der Waals surface area contributed by atoms with Crippen LogP contribution in [0.15, 0.2) is 42.5 Å². The van der Waals surface area contributed by atoms with Crippen molar-refractivity contribution >= 4 is 21.7 Å². The van der Waals surface area contributed by atoms with Crippen molar-refractivity contribution in [3.63, 3.8) is 0 Å². The van der Waals surface area contributed by atoms with Gasteiger partial charge in [0.15, 0.2) is 0 Å². The minimum absolute atomic E-state index is 0.118. The molecule has 1 aromatic heterocycles. The monoisotopic (exact) mass is 350 g/mol. The van der Waals surface area contributed by atoms with Gasteiger partial charge >= 0.3 is 5.82 Å². The molecule has 0 aliphatic rings. The summed E-state index contributed by atoms with van der Waals surface area (Å²) >= 11 is 3.46. The molecule has 1 atom stereocenters. The van der Waals surface area contributed by atoms with Crippen LogP contribution in [-0.4, -0.2) is 21.8 Å². The van der Waals surface area contributed by atoms with E-state index in [9.17, 15) is 10.1 Å². The zero-order valence-electron chi connectivity index (χ0n) is 11.5. The van der Waals surface area contributed by atoms with Crippen LogP contribution < -0.4 is 4.74 Å². The van der Waals surface area contributed by atoms with E-state index >= 15 is 0 Å². The largest absolute Gasteiger partial charge is 0.485 e. The van der Waals surface area contributed by atoms with Crippen molar-refractivity contribution in [3.05, 3.63) is 63.8 Å². The highest BCUT2D eigenvalue weighted by Gasteiger charge is 2.19. The van der Waals surface area contributed by atoms with Crippen LogP contribution >= 0.6 is 15.9 Å². The van der Waals surface area contributed by atoms with Crippen molar-refractivity contribution in [2.75, 3.05) is 11.9 Å². The van der Waals surface area contributed by atoms with Crippen molar-refractivity contribution in [2.24, 2.45) is 0 Å². The van der Waals surface area contributed by atoms with E-state index in [1.54, 1.807) is 19.1 Å². The van der Waals surface area contributed by atoms with Gasteiger partial charge in [-0.3, -0.25) is 0 Å². The SMILES string of the molecule is Cc1ccc(OCC(CBr)c2ccccc2)c([N+](=O)[O-])n1. The quantitative estimate of drug-likeness (QED) is 0.450. The van der Waals surface area contributed by atoms with Crippen molar-refractivity contribution in [1.29, 1.82) is 0 Å². The number of benzene rings is 1. The highest BCUT2D eigenvalue weighted by molar-refractivity contribution is 9.09. The number of pyridine rings is 1. The number of ether oxygens (including phenoxy) is 1. The van der Waals surface area contributed by atoms with Crippen LogP contribution in [0, 0.1) is 17.0 Å². The summed E-state index contributed by atoms with van der Waals surface area (Å²) in [5, 5.41) is 11.7. The molecule has 0 bridgehead atoms. The molecule has 1 heterocycles. The molecule has 2 rings (SSSR count). The first-order valence-corrected chi connectivity index (χ1v) is 7.59. The Balaban J connectivity index is 2.14. The fourth-order valence-corrected chi connectivity index (χ4v) is 2.48. The molecule has 0 spiro atoms. The molecule has 21 heavy (non-hydrogen) atoms. The molecule has 0 saturated heterocycles. The zero-order valence-corrected chi connectivity index (χ0v) is 13.1. The second-order valence-corrected chi connectivity index (χ2v) is 5.25. The number of alkyl halides is 1. The van der Waals surface area contributed by atoms with Gasteiger partial charge in [0.05, 0.1) is 6.61 Å². The summed E-state index contributed by atoms with van der Waals surface area (Å²) in [6, 6.07) is 13.2. The smallest absolute Gasteiger partial charge is 0.406 e. The molecule has 0 fully saturated rings. The molecule has 5 nitrogen and oxygen atoms in total. The molecule has 0 aliphatic carbocycles. The summed E-state index contributed by atoms with van der Waals surface area (Å²) in [4.78, 5) is 14.4. The van der Waals surface area contributed by atoms with Gasteiger partial charge in [-0.05, 0) is 27.6 Å². The fourth-order valence-electron chi connectivity index (χ4n) is 1.92. The summed E-state index contributed by atoms with van der Waals surface area (Å²) in [7, 11) is 0. The van der Waals surface area contributed by atoms with E-state index in [0.29, 0.717) is 17.6 Å². The zero-order chi connectivity index (χ0) is 15.2. The number of nitrogens with zero attached hydrogens (tertiary/aromatic N) is 2. The lowest BCUT2D eigenvalue weighted by Crippen LogP contribution is -2.12. The lowest BCUT2D eigenvalue weighted by molar-refractivity contribution is -0.390. The van der Waals surface area contributed by atoms with Crippen LogP contribution in [0.25, 0.3) is 0 Å². The van der Waals surface area contributed by atoms with E-state index in [1.165, 1.54) is 0 Å². The summed E-state index contributed by atoms with van der Waals surface area (Å²) < 4.78 is 5.63. The molecule has 0 radical (unpaired) electrons. The van der Waals surface area contributed by atoms with Crippen LogP contribution in [0.4, 0.5) is 5.82 Å². The molecule has 1 aromatic carbocycles. The van der Waals surface area contributed by atoms with Crippen molar-refractivity contribution in [2.45, 2.75) is 12.8 Å². The average Bonchev–Trinajstić information content (AvgIpc) is 2.50. The van der Waals surface area contributed by atoms with Crippen LogP contribution in [0.3, 0.4) is 0 Å². The third-order valence-electron chi connectivity index (χ3n) is 3.05. The van der Waals surface area contributed by atoms with Gasteiger partial charge in [-0.2, -0.15) is 0 Å². The Morgan fingerprint density at radius 3 is 2.62 bits per heavy atom. The van der Waals surface area contributed by atoms with Gasteiger partial charge in [0.2, 0.25) is 5.75 Å². The summed E-state index contributed by atoms with van der Waals surface area (Å²) in [6.45, 7) is 2.06. The standard InChI is InChI=1S/C15H15BrN2O3/c1-11-7-8-14(15(17-11)18(19)20)21-10-13(9-16)12-5-3-2-4-6-12/h2-8,13H,9-10H2,1H3. The third kappa shape index (κ3) is 4.01. The Hall–Kier alpha value is -1.95. The number of rotatable bonds is 6. The first-order valence-electron chi connectivity index (χ1n) is 6.47. The van der Waals surface area contributed by atoms with Crippen molar-refractivity contribution < 1.29 is 9.66 Å². The normalized spacial score (nSPS) is 11.9. The lowest BCUT2D eigenvalue weighted by atomic mass is 10.0. The Bertz CT molecular complexity index is 620. The molecule has 0 N–H and O–H groups in total. The highest BCUT2D eigenvalue weighted by Crippen LogP contribution is 2.27. The van der Waals surface area contributed by atoms with Gasteiger partial charge in [-0.25, -0.2) is 0 Å². The Morgan fingerprint density at radius 1 is 1.29 bits per heavy atom. The highest BCUT2D eigenvalue weighted by atomic mass is 79.9. The van der Waals surface area contributed by atoms with E-state index in [1.807, 2.05) is 30.3 Å². The summed E-state index contributed by atoms with van der Waals surface area (Å²) in [5.41, 5.74) is 1.71. The van der Waals surface area contributed by atoms with E-state index in [0.717, 1.165) is 5.56 Å². The molecule has 1 unspecified atom stereocenters. The number of halogens is 1. The van der Waals surface area contributed by atoms with Gasteiger partial charge < -0.3 is 14.9 Å². The Labute approximate surface area is 131 Å². The fraction of sp³-hybridized carbons (Fsp3) is 0.267. The van der Waals surface area contributed by atoms with Crippen LogP contribution in [0.1, 0.15) is 17.2 Å². The van der Waals surface area contributed by atoms with E-state index < -0.39 is 4.92 Å². The van der Waals surface area contributed by atoms with Gasteiger partial charge in [0.1, 0.15) is 5.69 Å². The maximum Gasteiger partial charge on any atom is 0.406 e. The average molecular weight is 351 g/mol. The molecule has 0 saturated carbocycles. The third-order valence-corrected chi connectivity index (χ3v) is 3.83. The molecule has 110 valence electrons. The molecule has 6 heteroatoms. The van der Waals surface area contributed by atoms with E-state index in [4.69, 9.17) is 4.74 Å². The van der Waals surface area contributed by atoms with Gasteiger partial charge in [0.25, 0.3) is 0 Å². The maximum absolute atomic E-state index is 11.0. The van der Waals surface area contributed by atoms with Crippen LogP contribution in [0.5, 0.6) is 5.75 Å². The topological polar surface area (TPSA) is 65.3 Å². The predicted molar refractivity (Wildman–Crippen MR) is 84.1 cm³/mol. The van der Waals surface area contributed by atoms with Crippen LogP contribution in [-0.2, 0) is 0 Å². The Kier molecular flexibility index (Phi) is 5.27. The minimum Gasteiger partial charge on any atom is -0.485 e. The number of hydrogen-bond donors (Lipinski definition) is 0. The number of nitro groups is 1. The second kappa shape index (κ2) is 7.17. The van der Waals surface area contributed by atoms with Crippen molar-refractivity contribution in [1.82, 2.24) is 4.98 Å². The van der Waals surface area contributed by atoms with Gasteiger partial charge in [-0.15, -0.1) is 0 Å². The number of aryl methyl sites for hydroxylation is 1. The number of aromatic nitrogens is 1. The molecule has 0 amide bonds. The molecular formula is C15H15BrN2O3. The van der Waals surface area contributed by atoms with Gasteiger partial charge in [-0.1, -0.05) is 46.3 Å². The van der Waals surface area contributed by atoms with Gasteiger partial charge in [0, 0.05) is 18.2 Å². The molecule has 0 aliphatic heterocycles. The summed E-state index contributed by atoms with van der Waals surface area (Å²) in [6.07, 6.45) is 0. The van der Waals surface area contributed by atoms with E-state index in [-0.39, 0.29) is 17.5 Å². The maximum atomic E-state index is 11.0.